The van der Waals surface area contributed by atoms with Crippen molar-refractivity contribution in [1.29, 1.82) is 0 Å². The van der Waals surface area contributed by atoms with E-state index in [1.165, 1.54) is 0 Å². The monoisotopic (exact) mass is 386 g/mol. The number of hydrogen-bond donors (Lipinski definition) is 0. The van der Waals surface area contributed by atoms with Crippen molar-refractivity contribution in [3.8, 4) is 5.75 Å². The molecule has 6 heteroatoms. The maximum atomic E-state index is 13.0. The minimum atomic E-state index is 0.0730. The Hall–Kier alpha value is -2.24. The van der Waals surface area contributed by atoms with E-state index in [1.54, 1.807) is 18.4 Å². The maximum absolute atomic E-state index is 13.0. The molecule has 0 unspecified atom stereocenters. The molecule has 2 heterocycles. The molecule has 4 rings (SSSR count). The van der Waals surface area contributed by atoms with Crippen LogP contribution in [-0.4, -0.2) is 33.3 Å². The third-order valence-corrected chi connectivity index (χ3v) is 6.05. The summed E-state index contributed by atoms with van der Waals surface area (Å²) in [5.41, 5.74) is 1.90. The lowest BCUT2D eigenvalue weighted by molar-refractivity contribution is 0.415. The first-order valence-corrected chi connectivity index (χ1v) is 9.77. The van der Waals surface area contributed by atoms with Gasteiger partial charge in [0.15, 0.2) is 0 Å². The van der Waals surface area contributed by atoms with Crippen molar-refractivity contribution in [2.24, 2.45) is 0 Å². The molecule has 1 saturated heterocycles. The quantitative estimate of drug-likeness (QED) is 0.673. The zero-order valence-corrected chi connectivity index (χ0v) is 16.0. The fraction of sp³-hybridized carbons (Fsp3) is 0.250. The summed E-state index contributed by atoms with van der Waals surface area (Å²) in [5.74, 6) is 0.711. The average Bonchev–Trinajstić information content (AvgIpc) is 2.69. The molecule has 1 aromatic heterocycles. The SMILES string of the molecule is COc1ccc2scc(N3CCN(c4ccccc4Cl)CC3)c(=O)c2c1. The normalized spacial score (nSPS) is 14.7. The molecule has 1 aliphatic rings. The molecule has 0 aliphatic carbocycles. The fourth-order valence-electron chi connectivity index (χ4n) is 3.34. The minimum Gasteiger partial charge on any atom is -0.497 e. The van der Waals surface area contributed by atoms with Crippen molar-refractivity contribution < 1.29 is 4.74 Å². The number of fused-ring (bicyclic) bond motifs is 1. The summed E-state index contributed by atoms with van der Waals surface area (Å²) in [5, 5.41) is 3.47. The van der Waals surface area contributed by atoms with Gasteiger partial charge in [-0.05, 0) is 30.3 Å². The molecule has 0 radical (unpaired) electrons. The fourth-order valence-corrected chi connectivity index (χ4v) is 4.52. The predicted molar refractivity (Wildman–Crippen MR) is 111 cm³/mol. The highest BCUT2D eigenvalue weighted by atomic mass is 35.5. The van der Waals surface area contributed by atoms with E-state index < -0.39 is 0 Å². The van der Waals surface area contributed by atoms with E-state index in [1.807, 2.05) is 47.8 Å². The molecule has 0 atom stereocenters. The summed E-state index contributed by atoms with van der Waals surface area (Å²) in [6.45, 7) is 3.26. The highest BCUT2D eigenvalue weighted by Crippen LogP contribution is 2.28. The van der Waals surface area contributed by atoms with E-state index >= 15 is 0 Å². The topological polar surface area (TPSA) is 32.8 Å². The number of hydrogen-bond acceptors (Lipinski definition) is 5. The van der Waals surface area contributed by atoms with Gasteiger partial charge in [-0.15, -0.1) is 11.3 Å². The number of halogens is 1. The van der Waals surface area contributed by atoms with Gasteiger partial charge in [-0.1, -0.05) is 23.7 Å². The molecule has 4 nitrogen and oxygen atoms in total. The Morgan fingerprint density at radius 3 is 2.38 bits per heavy atom. The molecule has 134 valence electrons. The molecule has 0 amide bonds. The molecular weight excluding hydrogens is 368 g/mol. The molecule has 26 heavy (non-hydrogen) atoms. The first kappa shape index (κ1) is 17.2. The van der Waals surface area contributed by atoms with Gasteiger partial charge >= 0.3 is 0 Å². The summed E-state index contributed by atoms with van der Waals surface area (Å²) in [6.07, 6.45) is 0. The Labute approximate surface area is 161 Å². The number of benzene rings is 2. The first-order chi connectivity index (χ1) is 12.7. The predicted octanol–water partition coefficient (Wildman–Crippen LogP) is 4.25. The zero-order chi connectivity index (χ0) is 18.1. The van der Waals surface area contributed by atoms with Crippen LogP contribution in [0.25, 0.3) is 10.1 Å². The van der Waals surface area contributed by atoms with Crippen molar-refractivity contribution in [3.05, 3.63) is 63.1 Å². The number of anilines is 2. The van der Waals surface area contributed by atoms with E-state index in [0.29, 0.717) is 5.75 Å². The molecular formula is C20H19ClN2O2S. The number of para-hydroxylation sites is 1. The van der Waals surface area contributed by atoms with Gasteiger partial charge in [0.25, 0.3) is 0 Å². The van der Waals surface area contributed by atoms with Crippen LogP contribution < -0.4 is 20.0 Å². The average molecular weight is 387 g/mol. The highest BCUT2D eigenvalue weighted by Gasteiger charge is 2.21. The summed E-state index contributed by atoms with van der Waals surface area (Å²) < 4.78 is 6.25. The van der Waals surface area contributed by atoms with E-state index in [-0.39, 0.29) is 5.43 Å². The van der Waals surface area contributed by atoms with Crippen LogP contribution in [0.3, 0.4) is 0 Å². The second kappa shape index (κ2) is 7.17. The van der Waals surface area contributed by atoms with Gasteiger partial charge in [0, 0.05) is 41.6 Å². The van der Waals surface area contributed by atoms with Crippen molar-refractivity contribution in [3.63, 3.8) is 0 Å². The van der Waals surface area contributed by atoms with Crippen molar-refractivity contribution in [2.75, 3.05) is 43.1 Å². The first-order valence-electron chi connectivity index (χ1n) is 8.51. The van der Waals surface area contributed by atoms with E-state index in [0.717, 1.165) is 52.7 Å². The molecule has 0 N–H and O–H groups in total. The number of rotatable bonds is 3. The molecule has 3 aromatic rings. The summed E-state index contributed by atoms with van der Waals surface area (Å²) in [7, 11) is 1.62. The van der Waals surface area contributed by atoms with Crippen LogP contribution >= 0.6 is 22.9 Å². The number of ether oxygens (including phenoxy) is 1. The largest absolute Gasteiger partial charge is 0.497 e. The lowest BCUT2D eigenvalue weighted by atomic mass is 10.2. The Kier molecular flexibility index (Phi) is 4.74. The van der Waals surface area contributed by atoms with Crippen molar-refractivity contribution >= 4 is 44.4 Å². The highest BCUT2D eigenvalue weighted by molar-refractivity contribution is 7.16. The third kappa shape index (κ3) is 3.13. The zero-order valence-electron chi connectivity index (χ0n) is 14.4. The summed E-state index contributed by atoms with van der Waals surface area (Å²) >= 11 is 7.91. The van der Waals surface area contributed by atoms with Crippen LogP contribution in [0.2, 0.25) is 5.02 Å². The van der Waals surface area contributed by atoms with Gasteiger partial charge in [0.05, 0.1) is 23.5 Å². The van der Waals surface area contributed by atoms with Crippen LogP contribution in [0.1, 0.15) is 0 Å². The lowest BCUT2D eigenvalue weighted by Gasteiger charge is -2.37. The molecule has 0 bridgehead atoms. The Morgan fingerprint density at radius 1 is 1.00 bits per heavy atom. The van der Waals surface area contributed by atoms with E-state index in [9.17, 15) is 4.79 Å². The number of methoxy groups -OCH3 is 1. The third-order valence-electron chi connectivity index (χ3n) is 4.78. The van der Waals surface area contributed by atoms with Gasteiger partial charge in [-0.2, -0.15) is 0 Å². The Bertz CT molecular complexity index is 997. The van der Waals surface area contributed by atoms with Crippen molar-refractivity contribution in [1.82, 2.24) is 0 Å². The second-order valence-electron chi connectivity index (χ2n) is 6.24. The maximum Gasteiger partial charge on any atom is 0.211 e. The Balaban J connectivity index is 1.59. The van der Waals surface area contributed by atoms with Crippen LogP contribution in [0.15, 0.2) is 52.6 Å². The molecule has 0 saturated carbocycles. The number of nitrogens with zero attached hydrogens (tertiary/aromatic N) is 2. The second-order valence-corrected chi connectivity index (χ2v) is 7.56. The Morgan fingerprint density at radius 2 is 1.69 bits per heavy atom. The van der Waals surface area contributed by atoms with Crippen LogP contribution in [0, 0.1) is 0 Å². The molecule has 2 aromatic carbocycles. The van der Waals surface area contributed by atoms with Crippen LogP contribution in [0.5, 0.6) is 5.75 Å². The smallest absolute Gasteiger partial charge is 0.211 e. The molecule has 0 spiro atoms. The van der Waals surface area contributed by atoms with Gasteiger partial charge in [0.2, 0.25) is 5.43 Å². The summed E-state index contributed by atoms with van der Waals surface area (Å²) in [6, 6.07) is 13.6. The van der Waals surface area contributed by atoms with Gasteiger partial charge in [0.1, 0.15) is 5.75 Å². The van der Waals surface area contributed by atoms with Gasteiger partial charge in [-0.3, -0.25) is 4.79 Å². The molecule has 1 aliphatic heterocycles. The summed E-state index contributed by atoms with van der Waals surface area (Å²) in [4.78, 5) is 17.4. The molecule has 1 fully saturated rings. The van der Waals surface area contributed by atoms with Crippen LogP contribution in [0.4, 0.5) is 11.4 Å². The lowest BCUT2D eigenvalue weighted by Crippen LogP contribution is -2.47. The van der Waals surface area contributed by atoms with Gasteiger partial charge in [-0.25, -0.2) is 0 Å². The van der Waals surface area contributed by atoms with E-state index in [2.05, 4.69) is 9.80 Å². The van der Waals surface area contributed by atoms with Crippen molar-refractivity contribution in [2.45, 2.75) is 0 Å². The standard InChI is InChI=1S/C20H19ClN2O2S/c1-25-14-6-7-19-15(12-14)20(24)18(13-26-19)23-10-8-22(9-11-23)17-5-3-2-4-16(17)21/h2-7,12-13H,8-11H2,1H3. The number of piperazine rings is 1. The van der Waals surface area contributed by atoms with E-state index in [4.69, 9.17) is 16.3 Å². The minimum absolute atomic E-state index is 0.0730. The van der Waals surface area contributed by atoms with Crippen LogP contribution in [-0.2, 0) is 0 Å². The van der Waals surface area contributed by atoms with Gasteiger partial charge < -0.3 is 14.5 Å².